The Hall–Kier alpha value is -1.31. The molecule has 0 bridgehead atoms. The van der Waals surface area contributed by atoms with Gasteiger partial charge in [0.15, 0.2) is 0 Å². The average molecular weight is 299 g/mol. The van der Waals surface area contributed by atoms with Gasteiger partial charge in [0.05, 0.1) is 15.6 Å². The summed E-state index contributed by atoms with van der Waals surface area (Å²) in [6, 6.07) is 5.46. The van der Waals surface area contributed by atoms with E-state index in [2.05, 4.69) is 5.32 Å². The molecule has 2 rings (SSSR count). The zero-order valence-corrected chi connectivity index (χ0v) is 11.5. The molecule has 2 aromatic heterocycles. The maximum atomic E-state index is 11.7. The van der Waals surface area contributed by atoms with Crippen LogP contribution in [-0.2, 0) is 4.79 Å². The van der Waals surface area contributed by atoms with Crippen LogP contribution >= 0.6 is 34.4 Å². The van der Waals surface area contributed by atoms with E-state index in [-0.39, 0.29) is 16.5 Å². The SMILES string of the molecule is O=C(CSc1cccs1)Nc1ccsc1C(=O)O. The summed E-state index contributed by atoms with van der Waals surface area (Å²) in [5, 5.41) is 15.1. The number of carbonyl (C=O) groups excluding carboxylic acids is 1. The largest absolute Gasteiger partial charge is 0.477 e. The van der Waals surface area contributed by atoms with E-state index >= 15 is 0 Å². The van der Waals surface area contributed by atoms with Crippen molar-refractivity contribution in [2.75, 3.05) is 11.1 Å². The smallest absolute Gasteiger partial charge is 0.348 e. The van der Waals surface area contributed by atoms with E-state index in [0.29, 0.717) is 5.69 Å². The molecule has 0 unspecified atom stereocenters. The molecule has 0 saturated heterocycles. The highest BCUT2D eigenvalue weighted by atomic mass is 32.2. The number of hydrogen-bond acceptors (Lipinski definition) is 5. The molecule has 2 N–H and O–H groups in total. The molecule has 2 aromatic rings. The van der Waals surface area contributed by atoms with Crippen LogP contribution in [0.2, 0.25) is 0 Å². The van der Waals surface area contributed by atoms with Crippen molar-refractivity contribution in [2.45, 2.75) is 4.21 Å². The van der Waals surface area contributed by atoms with E-state index in [9.17, 15) is 9.59 Å². The van der Waals surface area contributed by atoms with E-state index in [4.69, 9.17) is 5.11 Å². The summed E-state index contributed by atoms with van der Waals surface area (Å²) in [4.78, 5) is 22.7. The number of thioether (sulfide) groups is 1. The summed E-state index contributed by atoms with van der Waals surface area (Å²) in [5.41, 5.74) is 0.365. The molecule has 7 heteroatoms. The molecule has 0 spiro atoms. The normalized spacial score (nSPS) is 10.2. The predicted molar refractivity (Wildman–Crippen MR) is 75.0 cm³/mol. The summed E-state index contributed by atoms with van der Waals surface area (Å²) in [6.07, 6.45) is 0. The van der Waals surface area contributed by atoms with Crippen LogP contribution in [-0.4, -0.2) is 22.7 Å². The van der Waals surface area contributed by atoms with Gasteiger partial charge in [-0.2, -0.15) is 0 Å². The van der Waals surface area contributed by atoms with Gasteiger partial charge in [-0.05, 0) is 22.9 Å². The summed E-state index contributed by atoms with van der Waals surface area (Å²) >= 11 is 4.10. The van der Waals surface area contributed by atoms with Gasteiger partial charge < -0.3 is 10.4 Å². The van der Waals surface area contributed by atoms with Crippen LogP contribution < -0.4 is 5.32 Å². The Morgan fingerprint density at radius 2 is 2.11 bits per heavy atom. The number of amides is 1. The molecule has 0 aliphatic carbocycles. The summed E-state index contributed by atoms with van der Waals surface area (Å²) in [5.74, 6) is -0.949. The van der Waals surface area contributed by atoms with Crippen molar-refractivity contribution in [1.29, 1.82) is 0 Å². The van der Waals surface area contributed by atoms with Crippen LogP contribution in [0.5, 0.6) is 0 Å². The number of carbonyl (C=O) groups is 2. The number of hydrogen-bond donors (Lipinski definition) is 2. The first-order valence-electron chi connectivity index (χ1n) is 4.94. The Morgan fingerprint density at radius 1 is 1.28 bits per heavy atom. The average Bonchev–Trinajstić information content (AvgIpc) is 2.96. The maximum Gasteiger partial charge on any atom is 0.348 e. The van der Waals surface area contributed by atoms with E-state index in [1.165, 1.54) is 11.8 Å². The van der Waals surface area contributed by atoms with Gasteiger partial charge in [-0.3, -0.25) is 4.79 Å². The number of nitrogens with one attached hydrogen (secondary N) is 1. The minimum atomic E-state index is -1.02. The lowest BCUT2D eigenvalue weighted by atomic mass is 10.4. The van der Waals surface area contributed by atoms with Crippen LogP contribution in [0, 0.1) is 0 Å². The number of carboxylic acid groups (broad SMARTS) is 1. The quantitative estimate of drug-likeness (QED) is 0.832. The lowest BCUT2D eigenvalue weighted by Gasteiger charge is -2.03. The molecule has 94 valence electrons. The van der Waals surface area contributed by atoms with E-state index in [0.717, 1.165) is 15.5 Å². The highest BCUT2D eigenvalue weighted by Gasteiger charge is 2.14. The third kappa shape index (κ3) is 3.34. The van der Waals surface area contributed by atoms with Crippen molar-refractivity contribution in [3.05, 3.63) is 33.8 Å². The maximum absolute atomic E-state index is 11.7. The van der Waals surface area contributed by atoms with E-state index < -0.39 is 5.97 Å². The second-order valence-corrected chi connectivity index (χ2v) is 6.38. The number of aromatic carboxylic acids is 1. The molecule has 0 atom stereocenters. The van der Waals surface area contributed by atoms with Gasteiger partial charge in [0.25, 0.3) is 0 Å². The van der Waals surface area contributed by atoms with Gasteiger partial charge in [-0.15, -0.1) is 34.4 Å². The Labute approximate surface area is 116 Å². The van der Waals surface area contributed by atoms with Crippen LogP contribution in [0.25, 0.3) is 0 Å². The minimum absolute atomic E-state index is 0.157. The fraction of sp³-hybridized carbons (Fsp3) is 0.0909. The Morgan fingerprint density at radius 3 is 2.78 bits per heavy atom. The molecular formula is C11H9NO3S3. The topological polar surface area (TPSA) is 66.4 Å². The van der Waals surface area contributed by atoms with Crippen LogP contribution in [0.1, 0.15) is 9.67 Å². The molecule has 4 nitrogen and oxygen atoms in total. The first-order valence-corrected chi connectivity index (χ1v) is 7.68. The fourth-order valence-corrected chi connectivity index (χ4v) is 3.51. The van der Waals surface area contributed by atoms with Gasteiger partial charge in [0, 0.05) is 0 Å². The third-order valence-corrected chi connectivity index (χ3v) is 5.01. The van der Waals surface area contributed by atoms with Gasteiger partial charge in [-0.1, -0.05) is 6.07 Å². The minimum Gasteiger partial charge on any atom is -0.477 e. The standard InChI is InChI=1S/C11H9NO3S3/c13-8(6-18-9-2-1-4-16-9)12-7-3-5-17-10(7)11(14)15/h1-5H,6H2,(H,12,13)(H,14,15). The van der Waals surface area contributed by atoms with Gasteiger partial charge in [0.2, 0.25) is 5.91 Å². The molecule has 1 amide bonds. The number of anilines is 1. The Balaban J connectivity index is 1.91. The number of rotatable bonds is 5. The molecule has 2 heterocycles. The molecule has 0 fully saturated rings. The van der Waals surface area contributed by atoms with Crippen molar-refractivity contribution in [3.8, 4) is 0 Å². The zero-order valence-electron chi connectivity index (χ0n) is 9.08. The summed E-state index contributed by atoms with van der Waals surface area (Å²) in [7, 11) is 0. The second-order valence-electron chi connectivity index (χ2n) is 3.24. The van der Waals surface area contributed by atoms with Crippen molar-refractivity contribution >= 4 is 52.0 Å². The highest BCUT2D eigenvalue weighted by molar-refractivity contribution is 8.01. The van der Waals surface area contributed by atoms with Crippen molar-refractivity contribution < 1.29 is 14.7 Å². The second kappa shape index (κ2) is 6.03. The van der Waals surface area contributed by atoms with E-state index in [1.54, 1.807) is 22.8 Å². The first-order chi connectivity index (χ1) is 8.66. The van der Waals surface area contributed by atoms with Gasteiger partial charge in [-0.25, -0.2) is 4.79 Å². The number of thiophene rings is 2. The molecule has 0 saturated carbocycles. The molecule has 0 aliphatic rings. The molecule has 18 heavy (non-hydrogen) atoms. The zero-order chi connectivity index (χ0) is 13.0. The summed E-state index contributed by atoms with van der Waals surface area (Å²) in [6.45, 7) is 0. The Bertz CT molecular complexity index is 548. The molecular weight excluding hydrogens is 290 g/mol. The highest BCUT2D eigenvalue weighted by Crippen LogP contribution is 2.25. The van der Waals surface area contributed by atoms with Crippen LogP contribution in [0.4, 0.5) is 5.69 Å². The van der Waals surface area contributed by atoms with Crippen molar-refractivity contribution in [1.82, 2.24) is 0 Å². The Kier molecular flexibility index (Phi) is 4.40. The van der Waals surface area contributed by atoms with E-state index in [1.807, 2.05) is 17.5 Å². The molecule has 0 aliphatic heterocycles. The van der Waals surface area contributed by atoms with Crippen LogP contribution in [0.3, 0.4) is 0 Å². The first kappa shape index (κ1) is 13.1. The monoisotopic (exact) mass is 299 g/mol. The molecule has 0 radical (unpaired) electrons. The van der Waals surface area contributed by atoms with Gasteiger partial charge in [0.1, 0.15) is 4.88 Å². The van der Waals surface area contributed by atoms with Gasteiger partial charge >= 0.3 is 5.97 Å². The molecule has 0 aromatic carbocycles. The summed E-state index contributed by atoms with van der Waals surface area (Å²) < 4.78 is 1.06. The predicted octanol–water partition coefficient (Wildman–Crippen LogP) is 3.24. The van der Waals surface area contributed by atoms with Crippen molar-refractivity contribution in [2.24, 2.45) is 0 Å². The van der Waals surface area contributed by atoms with Crippen LogP contribution in [0.15, 0.2) is 33.2 Å². The third-order valence-electron chi connectivity index (χ3n) is 1.97. The fourth-order valence-electron chi connectivity index (χ4n) is 1.24. The number of carboxylic acids is 1. The van der Waals surface area contributed by atoms with Crippen molar-refractivity contribution in [3.63, 3.8) is 0 Å². The lowest BCUT2D eigenvalue weighted by Crippen LogP contribution is -2.15. The lowest BCUT2D eigenvalue weighted by molar-refractivity contribution is -0.113.